The number of hydrogen-bond donors (Lipinski definition) is 2. The molecule has 1 aromatic heterocycles. The van der Waals surface area contributed by atoms with Gasteiger partial charge in [-0.05, 0) is 65.6 Å². The SMILES string of the molecule is O=C(Cc1ccc(NS(=O)(=O)c2cccs2)cc1)Nc1cccc(COCC2CC2)c1. The van der Waals surface area contributed by atoms with Crippen LogP contribution in [-0.2, 0) is 32.6 Å². The number of sulfonamides is 1. The first kappa shape index (κ1) is 21.5. The number of carbonyl (C=O) groups is 1. The van der Waals surface area contributed by atoms with Crippen molar-refractivity contribution in [2.24, 2.45) is 5.92 Å². The third-order valence-corrected chi connectivity index (χ3v) is 7.64. The summed E-state index contributed by atoms with van der Waals surface area (Å²) in [7, 11) is -3.58. The number of benzene rings is 2. The summed E-state index contributed by atoms with van der Waals surface area (Å²) in [6.45, 7) is 1.35. The maximum Gasteiger partial charge on any atom is 0.271 e. The molecule has 1 fully saturated rings. The molecule has 31 heavy (non-hydrogen) atoms. The molecule has 162 valence electrons. The van der Waals surface area contributed by atoms with Crippen molar-refractivity contribution in [1.29, 1.82) is 0 Å². The van der Waals surface area contributed by atoms with E-state index in [-0.39, 0.29) is 16.5 Å². The van der Waals surface area contributed by atoms with Crippen molar-refractivity contribution in [1.82, 2.24) is 0 Å². The molecule has 1 heterocycles. The molecular formula is C23H24N2O4S2. The number of nitrogens with one attached hydrogen (secondary N) is 2. The first-order valence-electron chi connectivity index (χ1n) is 10.1. The minimum Gasteiger partial charge on any atom is -0.376 e. The van der Waals surface area contributed by atoms with Gasteiger partial charge in [-0.3, -0.25) is 9.52 Å². The van der Waals surface area contributed by atoms with Crippen LogP contribution in [0.2, 0.25) is 0 Å². The molecule has 4 rings (SSSR count). The van der Waals surface area contributed by atoms with Crippen LogP contribution in [0.3, 0.4) is 0 Å². The Morgan fingerprint density at radius 2 is 1.81 bits per heavy atom. The Labute approximate surface area is 186 Å². The predicted molar refractivity (Wildman–Crippen MR) is 123 cm³/mol. The van der Waals surface area contributed by atoms with Crippen molar-refractivity contribution in [3.8, 4) is 0 Å². The van der Waals surface area contributed by atoms with Crippen LogP contribution >= 0.6 is 11.3 Å². The molecule has 0 bridgehead atoms. The van der Waals surface area contributed by atoms with E-state index in [9.17, 15) is 13.2 Å². The largest absolute Gasteiger partial charge is 0.376 e. The van der Waals surface area contributed by atoms with Gasteiger partial charge in [0.25, 0.3) is 10.0 Å². The number of thiophene rings is 1. The van der Waals surface area contributed by atoms with E-state index in [1.165, 1.54) is 12.8 Å². The van der Waals surface area contributed by atoms with Gasteiger partial charge < -0.3 is 10.1 Å². The van der Waals surface area contributed by atoms with Gasteiger partial charge in [-0.1, -0.05) is 30.3 Å². The van der Waals surface area contributed by atoms with E-state index in [0.29, 0.717) is 12.3 Å². The Morgan fingerprint density at radius 1 is 1.00 bits per heavy atom. The average molecular weight is 457 g/mol. The minimum atomic E-state index is -3.58. The Balaban J connectivity index is 1.29. The molecule has 1 saturated carbocycles. The molecule has 0 radical (unpaired) electrons. The highest BCUT2D eigenvalue weighted by Gasteiger charge is 2.21. The Hall–Kier alpha value is -2.68. The summed E-state index contributed by atoms with van der Waals surface area (Å²) in [5, 5.41) is 4.62. The van der Waals surface area contributed by atoms with Gasteiger partial charge in [-0.2, -0.15) is 0 Å². The molecule has 0 atom stereocenters. The van der Waals surface area contributed by atoms with Crippen LogP contribution in [0.5, 0.6) is 0 Å². The summed E-state index contributed by atoms with van der Waals surface area (Å²) in [4.78, 5) is 12.4. The molecule has 8 heteroatoms. The van der Waals surface area contributed by atoms with Gasteiger partial charge in [0.05, 0.1) is 13.0 Å². The maximum absolute atomic E-state index is 12.4. The topological polar surface area (TPSA) is 84.5 Å². The second kappa shape index (κ2) is 9.64. The summed E-state index contributed by atoms with van der Waals surface area (Å²) >= 11 is 1.16. The molecule has 0 spiro atoms. The van der Waals surface area contributed by atoms with Crippen LogP contribution in [0, 0.1) is 5.92 Å². The van der Waals surface area contributed by atoms with Crippen molar-refractivity contribution >= 4 is 38.6 Å². The molecule has 6 nitrogen and oxygen atoms in total. The van der Waals surface area contributed by atoms with Crippen LogP contribution < -0.4 is 10.0 Å². The van der Waals surface area contributed by atoms with Crippen LogP contribution in [0.1, 0.15) is 24.0 Å². The quantitative estimate of drug-likeness (QED) is 0.465. The second-order valence-electron chi connectivity index (χ2n) is 7.62. The van der Waals surface area contributed by atoms with Crippen molar-refractivity contribution < 1.29 is 17.9 Å². The molecule has 1 amide bonds. The van der Waals surface area contributed by atoms with E-state index in [1.54, 1.807) is 41.8 Å². The lowest BCUT2D eigenvalue weighted by Crippen LogP contribution is -2.15. The molecule has 3 aromatic rings. The van der Waals surface area contributed by atoms with Gasteiger partial charge in [-0.15, -0.1) is 11.3 Å². The molecule has 0 saturated heterocycles. The van der Waals surface area contributed by atoms with E-state index >= 15 is 0 Å². The average Bonchev–Trinajstić information content (AvgIpc) is 3.37. The maximum atomic E-state index is 12.4. The van der Waals surface area contributed by atoms with Crippen LogP contribution in [0.15, 0.2) is 70.3 Å². The van der Waals surface area contributed by atoms with Crippen molar-refractivity contribution in [2.45, 2.75) is 30.1 Å². The normalized spacial score (nSPS) is 13.7. The fourth-order valence-corrected chi connectivity index (χ4v) is 5.12. The summed E-state index contributed by atoms with van der Waals surface area (Å²) in [5.41, 5.74) is 3.01. The Bertz CT molecular complexity index is 1120. The van der Waals surface area contributed by atoms with E-state index < -0.39 is 10.0 Å². The van der Waals surface area contributed by atoms with E-state index in [0.717, 1.165) is 40.7 Å². The molecule has 0 unspecified atom stereocenters. The lowest BCUT2D eigenvalue weighted by Gasteiger charge is -2.09. The Morgan fingerprint density at radius 3 is 2.52 bits per heavy atom. The molecular weight excluding hydrogens is 432 g/mol. The fourth-order valence-electron chi connectivity index (χ4n) is 3.07. The number of amides is 1. The summed E-state index contributed by atoms with van der Waals surface area (Å²) in [6, 6.07) is 17.7. The van der Waals surface area contributed by atoms with Crippen molar-refractivity contribution in [3.05, 3.63) is 77.2 Å². The van der Waals surface area contributed by atoms with Gasteiger partial charge in [-0.25, -0.2) is 8.42 Å². The number of carbonyl (C=O) groups excluding carboxylic acids is 1. The summed E-state index contributed by atoms with van der Waals surface area (Å²) in [5.74, 6) is 0.586. The van der Waals surface area contributed by atoms with Crippen LogP contribution in [0.25, 0.3) is 0 Å². The van der Waals surface area contributed by atoms with Gasteiger partial charge in [0.1, 0.15) is 4.21 Å². The highest BCUT2D eigenvalue weighted by Crippen LogP contribution is 2.29. The standard InChI is InChI=1S/C23H24N2O4S2/c26-22(24-21-4-1-3-19(13-21)16-29-15-18-6-7-18)14-17-8-10-20(11-9-17)25-31(27,28)23-5-2-12-30-23/h1-5,8-13,18,25H,6-7,14-16H2,(H,24,26). The zero-order chi connectivity index (χ0) is 21.7. The van der Waals surface area contributed by atoms with E-state index in [1.807, 2.05) is 24.3 Å². The first-order valence-corrected chi connectivity index (χ1v) is 12.5. The molecule has 1 aliphatic rings. The number of anilines is 2. The van der Waals surface area contributed by atoms with Crippen molar-refractivity contribution in [3.63, 3.8) is 0 Å². The lowest BCUT2D eigenvalue weighted by molar-refractivity contribution is -0.115. The van der Waals surface area contributed by atoms with Crippen LogP contribution in [0.4, 0.5) is 11.4 Å². The third-order valence-electron chi connectivity index (χ3n) is 4.86. The second-order valence-corrected chi connectivity index (χ2v) is 10.5. The molecule has 0 aliphatic heterocycles. The summed E-state index contributed by atoms with van der Waals surface area (Å²) < 4.78 is 33.1. The van der Waals surface area contributed by atoms with E-state index in [4.69, 9.17) is 4.74 Å². The van der Waals surface area contributed by atoms with Gasteiger partial charge in [0, 0.05) is 18.0 Å². The smallest absolute Gasteiger partial charge is 0.271 e. The van der Waals surface area contributed by atoms with Gasteiger partial charge in [0.15, 0.2) is 0 Å². The van der Waals surface area contributed by atoms with Crippen molar-refractivity contribution in [2.75, 3.05) is 16.6 Å². The first-order chi connectivity index (χ1) is 15.0. The number of ether oxygens (including phenoxy) is 1. The fraction of sp³-hybridized carbons (Fsp3) is 0.261. The Kier molecular flexibility index (Phi) is 6.70. The predicted octanol–water partition coefficient (Wildman–Crippen LogP) is 4.66. The molecule has 1 aliphatic carbocycles. The lowest BCUT2D eigenvalue weighted by atomic mass is 10.1. The molecule has 2 N–H and O–H groups in total. The zero-order valence-electron chi connectivity index (χ0n) is 16.9. The van der Waals surface area contributed by atoms with E-state index in [2.05, 4.69) is 10.0 Å². The summed E-state index contributed by atoms with van der Waals surface area (Å²) in [6.07, 6.45) is 2.72. The minimum absolute atomic E-state index is 0.136. The number of hydrogen-bond acceptors (Lipinski definition) is 5. The monoisotopic (exact) mass is 456 g/mol. The third kappa shape index (κ3) is 6.40. The highest BCUT2D eigenvalue weighted by atomic mass is 32.2. The van der Waals surface area contributed by atoms with Gasteiger partial charge in [0.2, 0.25) is 5.91 Å². The zero-order valence-corrected chi connectivity index (χ0v) is 18.5. The number of rotatable bonds is 10. The molecule has 2 aromatic carbocycles. The highest BCUT2D eigenvalue weighted by molar-refractivity contribution is 7.94. The van der Waals surface area contributed by atoms with Gasteiger partial charge >= 0.3 is 0 Å². The van der Waals surface area contributed by atoms with Crippen LogP contribution in [-0.4, -0.2) is 20.9 Å².